The van der Waals surface area contributed by atoms with Crippen LogP contribution in [-0.4, -0.2) is 0 Å². The normalized spacial score (nSPS) is 11.4. The largest absolute Gasteiger partial charge is 0.464 e. The van der Waals surface area contributed by atoms with Gasteiger partial charge in [-0.2, -0.15) is 0 Å². The van der Waals surface area contributed by atoms with Crippen LogP contribution in [0.3, 0.4) is 0 Å². The first-order chi connectivity index (χ1) is 13.1. The number of benzene rings is 2. The Morgan fingerprint density at radius 3 is 2.37 bits per heavy atom. The summed E-state index contributed by atoms with van der Waals surface area (Å²) in [4.78, 5) is 0. The van der Waals surface area contributed by atoms with E-state index in [2.05, 4.69) is 63.7 Å². The Morgan fingerprint density at radius 1 is 1.04 bits per heavy atom. The lowest BCUT2D eigenvalue weighted by Gasteiger charge is -2.15. The maximum absolute atomic E-state index is 6.34. The Balaban J connectivity index is 2.01. The van der Waals surface area contributed by atoms with Crippen molar-refractivity contribution in [3.63, 3.8) is 0 Å². The molecule has 138 valence electrons. The van der Waals surface area contributed by atoms with Crippen LogP contribution in [-0.2, 0) is 12.8 Å². The third kappa shape index (κ3) is 4.40. The summed E-state index contributed by atoms with van der Waals surface area (Å²) in [5.74, 6) is 2.49. The van der Waals surface area contributed by atoms with Gasteiger partial charge in [-0.05, 0) is 72.9 Å². The molecule has 0 saturated heterocycles. The molecule has 0 aliphatic carbocycles. The Morgan fingerprint density at radius 2 is 1.78 bits per heavy atom. The molecule has 0 bridgehead atoms. The van der Waals surface area contributed by atoms with Crippen LogP contribution in [0, 0.1) is 6.92 Å². The smallest absolute Gasteiger partial charge is 0.134 e. The lowest BCUT2D eigenvalue weighted by atomic mass is 10.0. The van der Waals surface area contributed by atoms with Gasteiger partial charge >= 0.3 is 0 Å². The van der Waals surface area contributed by atoms with Gasteiger partial charge in [0.25, 0.3) is 0 Å². The summed E-state index contributed by atoms with van der Waals surface area (Å²) in [6, 6.07) is 16.6. The van der Waals surface area contributed by atoms with Crippen molar-refractivity contribution in [1.82, 2.24) is 0 Å². The van der Waals surface area contributed by atoms with Crippen LogP contribution in [0.2, 0.25) is 0 Å². The average Bonchev–Trinajstić information content (AvgIpc) is 3.22. The second-order valence-corrected chi connectivity index (χ2v) is 6.57. The van der Waals surface area contributed by atoms with E-state index in [0.717, 1.165) is 46.8 Å². The third-order valence-electron chi connectivity index (χ3n) is 4.65. The van der Waals surface area contributed by atoms with E-state index in [1.54, 1.807) is 12.3 Å². The van der Waals surface area contributed by atoms with Crippen LogP contribution >= 0.6 is 0 Å². The number of hydrogen-bond acceptors (Lipinski definition) is 2. The molecule has 2 aromatic carbocycles. The van der Waals surface area contributed by atoms with Gasteiger partial charge in [-0.1, -0.05) is 44.7 Å². The number of ether oxygens (including phenoxy) is 1. The first kappa shape index (κ1) is 18.8. The molecule has 0 aliphatic heterocycles. The fourth-order valence-corrected chi connectivity index (χ4v) is 3.09. The van der Waals surface area contributed by atoms with Crippen LogP contribution in [0.5, 0.6) is 5.75 Å². The lowest BCUT2D eigenvalue weighted by molar-refractivity contribution is 0.513. The fourth-order valence-electron chi connectivity index (χ4n) is 3.09. The van der Waals surface area contributed by atoms with Gasteiger partial charge in [0.1, 0.15) is 17.3 Å². The molecule has 0 N–H and O–H groups in total. The second-order valence-electron chi connectivity index (χ2n) is 6.57. The van der Waals surface area contributed by atoms with Gasteiger partial charge in [0.2, 0.25) is 0 Å². The first-order valence-electron chi connectivity index (χ1n) is 9.43. The highest BCUT2D eigenvalue weighted by atomic mass is 16.5. The highest BCUT2D eigenvalue weighted by Gasteiger charge is 2.12. The monoisotopic (exact) mass is 358 g/mol. The van der Waals surface area contributed by atoms with Crippen molar-refractivity contribution < 1.29 is 9.15 Å². The number of furan rings is 1. The molecule has 0 amide bonds. The minimum absolute atomic E-state index is 0.784. The predicted octanol–water partition coefficient (Wildman–Crippen LogP) is 6.99. The molecule has 27 heavy (non-hydrogen) atoms. The first-order valence-corrected chi connectivity index (χ1v) is 9.43. The Hall–Kier alpha value is -3.00. The topological polar surface area (TPSA) is 22.4 Å². The van der Waals surface area contributed by atoms with Crippen LogP contribution in [0.15, 0.2) is 77.9 Å². The summed E-state index contributed by atoms with van der Waals surface area (Å²) in [6.45, 7) is 10.3. The number of hydrogen-bond donors (Lipinski definition) is 0. The lowest BCUT2D eigenvalue weighted by Crippen LogP contribution is -1.99. The van der Waals surface area contributed by atoms with Gasteiger partial charge in [-0.25, -0.2) is 0 Å². The quantitative estimate of drug-likeness (QED) is 0.335. The second kappa shape index (κ2) is 8.59. The van der Waals surface area contributed by atoms with Gasteiger partial charge < -0.3 is 9.15 Å². The van der Waals surface area contributed by atoms with Crippen LogP contribution in [0.4, 0.5) is 0 Å². The van der Waals surface area contributed by atoms with Crippen molar-refractivity contribution in [2.75, 3.05) is 0 Å². The third-order valence-corrected chi connectivity index (χ3v) is 4.65. The zero-order valence-corrected chi connectivity index (χ0v) is 16.3. The van der Waals surface area contributed by atoms with Gasteiger partial charge in [0.05, 0.1) is 6.26 Å². The van der Waals surface area contributed by atoms with Gasteiger partial charge in [-0.15, -0.1) is 0 Å². The standard InChI is InChI=1S/C25H26O2/c1-5-9-25(27-22-15-19(6-2)14-20(7-3)16-22)23-17-21(12-11-18(23)4)24-10-8-13-26-24/h5,8-17H,1,6-7H2,2-4H3/b25-9+. The molecule has 0 atom stereocenters. The molecule has 1 aromatic heterocycles. The van der Waals surface area contributed by atoms with Crippen LogP contribution in [0.1, 0.15) is 36.1 Å². The van der Waals surface area contributed by atoms with E-state index >= 15 is 0 Å². The average molecular weight is 358 g/mol. The van der Waals surface area contributed by atoms with E-state index in [1.807, 2.05) is 18.2 Å². The molecule has 1 heterocycles. The number of aryl methyl sites for hydroxylation is 3. The molecule has 0 spiro atoms. The van der Waals surface area contributed by atoms with E-state index in [4.69, 9.17) is 9.15 Å². The maximum Gasteiger partial charge on any atom is 0.134 e. The molecule has 2 nitrogen and oxygen atoms in total. The summed E-state index contributed by atoms with van der Waals surface area (Å²) in [7, 11) is 0. The Bertz CT molecular complexity index is 924. The van der Waals surface area contributed by atoms with Crippen molar-refractivity contribution >= 4 is 5.76 Å². The molecule has 3 rings (SSSR count). The van der Waals surface area contributed by atoms with Crippen LogP contribution < -0.4 is 4.74 Å². The summed E-state index contributed by atoms with van der Waals surface area (Å²) < 4.78 is 11.9. The molecule has 0 aliphatic rings. The SMILES string of the molecule is C=C/C=C(/Oc1cc(CC)cc(CC)c1)c1cc(-c2ccco2)ccc1C. The zero-order chi connectivity index (χ0) is 19.2. The minimum atomic E-state index is 0.784. The summed E-state index contributed by atoms with van der Waals surface area (Å²) in [5.41, 5.74) is 5.76. The van der Waals surface area contributed by atoms with Crippen molar-refractivity contribution in [3.8, 4) is 17.1 Å². The summed E-state index contributed by atoms with van der Waals surface area (Å²) >= 11 is 0. The van der Waals surface area contributed by atoms with Crippen molar-refractivity contribution in [3.05, 3.63) is 95.8 Å². The molecule has 0 fully saturated rings. The van der Waals surface area contributed by atoms with Gasteiger partial charge in [0.15, 0.2) is 0 Å². The summed E-state index contributed by atoms with van der Waals surface area (Å²) in [6.07, 6.45) is 7.33. The predicted molar refractivity (Wildman–Crippen MR) is 113 cm³/mol. The zero-order valence-electron chi connectivity index (χ0n) is 16.3. The maximum atomic E-state index is 6.34. The van der Waals surface area contributed by atoms with Gasteiger partial charge in [-0.3, -0.25) is 0 Å². The fraction of sp³-hybridized carbons (Fsp3) is 0.200. The van der Waals surface area contributed by atoms with Gasteiger partial charge in [0, 0.05) is 11.1 Å². The highest BCUT2D eigenvalue weighted by molar-refractivity contribution is 5.72. The van der Waals surface area contributed by atoms with E-state index in [0.29, 0.717) is 0 Å². The highest BCUT2D eigenvalue weighted by Crippen LogP contribution is 2.30. The number of rotatable bonds is 7. The molecule has 3 aromatic rings. The Kier molecular flexibility index (Phi) is 5.97. The van der Waals surface area contributed by atoms with E-state index < -0.39 is 0 Å². The minimum Gasteiger partial charge on any atom is -0.464 e. The number of allylic oxidation sites excluding steroid dienone is 2. The molecule has 2 heteroatoms. The Labute approximate surface area is 161 Å². The molecular weight excluding hydrogens is 332 g/mol. The molecule has 0 unspecified atom stereocenters. The van der Waals surface area contributed by atoms with E-state index in [9.17, 15) is 0 Å². The van der Waals surface area contributed by atoms with Crippen molar-refractivity contribution in [2.45, 2.75) is 33.6 Å². The van der Waals surface area contributed by atoms with Crippen LogP contribution in [0.25, 0.3) is 17.1 Å². The summed E-state index contributed by atoms with van der Waals surface area (Å²) in [5, 5.41) is 0. The molecular formula is C25H26O2. The van der Waals surface area contributed by atoms with Crippen molar-refractivity contribution in [2.24, 2.45) is 0 Å². The van der Waals surface area contributed by atoms with Crippen molar-refractivity contribution in [1.29, 1.82) is 0 Å². The van der Waals surface area contributed by atoms with E-state index in [1.165, 1.54) is 11.1 Å². The molecule has 0 saturated carbocycles. The van der Waals surface area contributed by atoms with E-state index in [-0.39, 0.29) is 0 Å². The molecule has 0 radical (unpaired) electrons.